The standard InChI is InChI=1S/C12H22O2.C6H10O2/c1-4-5-6-7-8-9-10-14-12(13)11(2)3;1-4-8-6(7)5(2)3/h2,4-10H2,1,3H3;2,4H2,1,3H3. The largest absolute Gasteiger partial charge is 0.463 e. The van der Waals surface area contributed by atoms with Gasteiger partial charge in [-0.05, 0) is 27.2 Å². The van der Waals surface area contributed by atoms with Crippen molar-refractivity contribution in [2.75, 3.05) is 13.2 Å². The van der Waals surface area contributed by atoms with Crippen LogP contribution in [0.1, 0.15) is 66.2 Å². The van der Waals surface area contributed by atoms with Gasteiger partial charge in [0.2, 0.25) is 0 Å². The van der Waals surface area contributed by atoms with Crippen molar-refractivity contribution in [1.29, 1.82) is 0 Å². The van der Waals surface area contributed by atoms with Gasteiger partial charge in [-0.3, -0.25) is 0 Å². The summed E-state index contributed by atoms with van der Waals surface area (Å²) >= 11 is 0. The van der Waals surface area contributed by atoms with Crippen molar-refractivity contribution in [2.24, 2.45) is 0 Å². The summed E-state index contributed by atoms with van der Waals surface area (Å²) in [4.78, 5) is 21.4. The van der Waals surface area contributed by atoms with E-state index < -0.39 is 0 Å². The summed E-state index contributed by atoms with van der Waals surface area (Å²) in [5.74, 6) is -0.578. The van der Waals surface area contributed by atoms with Crippen LogP contribution < -0.4 is 0 Å². The Morgan fingerprint density at radius 1 is 0.773 bits per heavy atom. The third-order valence-corrected chi connectivity index (χ3v) is 2.70. The number of rotatable bonds is 10. The second kappa shape index (κ2) is 15.8. The zero-order valence-electron chi connectivity index (χ0n) is 14.7. The molecule has 0 aliphatic carbocycles. The number of carbonyl (C=O) groups excluding carboxylic acids is 2. The van der Waals surface area contributed by atoms with Gasteiger partial charge < -0.3 is 9.47 Å². The normalized spacial score (nSPS) is 9.27. The van der Waals surface area contributed by atoms with Gasteiger partial charge in [-0.15, -0.1) is 0 Å². The summed E-state index contributed by atoms with van der Waals surface area (Å²) in [6, 6.07) is 0. The first kappa shape index (κ1) is 22.7. The van der Waals surface area contributed by atoms with Crippen LogP contribution in [0.25, 0.3) is 0 Å². The molecule has 0 aliphatic heterocycles. The second-order valence-corrected chi connectivity index (χ2v) is 5.18. The maximum atomic E-state index is 11.0. The van der Waals surface area contributed by atoms with E-state index in [4.69, 9.17) is 4.74 Å². The molecule has 0 saturated carbocycles. The van der Waals surface area contributed by atoms with E-state index in [9.17, 15) is 9.59 Å². The summed E-state index contributed by atoms with van der Waals surface area (Å²) in [7, 11) is 0. The van der Waals surface area contributed by atoms with E-state index >= 15 is 0 Å². The fourth-order valence-corrected chi connectivity index (χ4v) is 1.42. The molecule has 0 atom stereocenters. The second-order valence-electron chi connectivity index (χ2n) is 5.18. The quantitative estimate of drug-likeness (QED) is 0.336. The van der Waals surface area contributed by atoms with E-state index in [1.807, 2.05) is 0 Å². The fraction of sp³-hybridized carbons (Fsp3) is 0.667. The molecular weight excluding hydrogens is 280 g/mol. The molecule has 0 bridgehead atoms. The van der Waals surface area contributed by atoms with Gasteiger partial charge in [-0.1, -0.05) is 52.2 Å². The van der Waals surface area contributed by atoms with E-state index in [1.54, 1.807) is 20.8 Å². The molecule has 22 heavy (non-hydrogen) atoms. The van der Waals surface area contributed by atoms with Crippen molar-refractivity contribution in [1.82, 2.24) is 0 Å². The van der Waals surface area contributed by atoms with Crippen LogP contribution in [0.2, 0.25) is 0 Å². The van der Waals surface area contributed by atoms with Crippen LogP contribution >= 0.6 is 0 Å². The third-order valence-electron chi connectivity index (χ3n) is 2.70. The van der Waals surface area contributed by atoms with Crippen molar-refractivity contribution in [2.45, 2.75) is 66.2 Å². The van der Waals surface area contributed by atoms with Gasteiger partial charge in [0, 0.05) is 11.1 Å². The molecule has 4 nitrogen and oxygen atoms in total. The Kier molecular flexibility index (Phi) is 16.3. The molecule has 0 heterocycles. The van der Waals surface area contributed by atoms with Gasteiger partial charge in [0.1, 0.15) is 0 Å². The average Bonchev–Trinajstić information content (AvgIpc) is 2.46. The Balaban J connectivity index is 0. The molecule has 0 N–H and O–H groups in total. The minimum Gasteiger partial charge on any atom is -0.463 e. The minimum absolute atomic E-state index is 0.265. The molecule has 0 spiro atoms. The summed E-state index contributed by atoms with van der Waals surface area (Å²) in [5, 5.41) is 0. The van der Waals surface area contributed by atoms with E-state index in [-0.39, 0.29) is 11.9 Å². The molecule has 0 amide bonds. The van der Waals surface area contributed by atoms with Crippen molar-refractivity contribution >= 4 is 11.9 Å². The molecule has 0 aromatic carbocycles. The molecule has 0 radical (unpaired) electrons. The highest BCUT2D eigenvalue weighted by Gasteiger charge is 2.01. The van der Waals surface area contributed by atoms with Crippen LogP contribution in [0.3, 0.4) is 0 Å². The van der Waals surface area contributed by atoms with Crippen molar-refractivity contribution in [3.8, 4) is 0 Å². The number of esters is 2. The van der Waals surface area contributed by atoms with E-state index in [0.29, 0.717) is 24.4 Å². The lowest BCUT2D eigenvalue weighted by Gasteiger charge is -2.03. The van der Waals surface area contributed by atoms with Gasteiger partial charge in [0.25, 0.3) is 0 Å². The molecule has 0 aromatic rings. The Hall–Kier alpha value is -1.58. The topological polar surface area (TPSA) is 52.6 Å². The van der Waals surface area contributed by atoms with Gasteiger partial charge in [0.15, 0.2) is 0 Å². The predicted molar refractivity (Wildman–Crippen MR) is 90.6 cm³/mol. The lowest BCUT2D eigenvalue weighted by molar-refractivity contribution is -0.139. The summed E-state index contributed by atoms with van der Waals surface area (Å²) in [5.41, 5.74) is 0.933. The van der Waals surface area contributed by atoms with Gasteiger partial charge in [0.05, 0.1) is 13.2 Å². The van der Waals surface area contributed by atoms with Gasteiger partial charge >= 0.3 is 11.9 Å². The first-order valence-electron chi connectivity index (χ1n) is 8.02. The molecule has 4 heteroatoms. The maximum absolute atomic E-state index is 11.0. The average molecular weight is 312 g/mol. The van der Waals surface area contributed by atoms with Crippen molar-refractivity contribution < 1.29 is 19.1 Å². The van der Waals surface area contributed by atoms with Crippen LogP contribution in [0.4, 0.5) is 0 Å². The predicted octanol–water partition coefficient (Wildman–Crippen LogP) is 4.59. The van der Waals surface area contributed by atoms with E-state index in [1.165, 1.54) is 25.7 Å². The first-order chi connectivity index (χ1) is 10.4. The monoisotopic (exact) mass is 312 g/mol. The van der Waals surface area contributed by atoms with Gasteiger partial charge in [-0.2, -0.15) is 0 Å². The van der Waals surface area contributed by atoms with E-state index in [0.717, 1.165) is 12.8 Å². The van der Waals surface area contributed by atoms with Crippen LogP contribution in [-0.4, -0.2) is 25.2 Å². The highest BCUT2D eigenvalue weighted by molar-refractivity contribution is 5.87. The number of hydrogen-bond acceptors (Lipinski definition) is 4. The molecule has 0 saturated heterocycles. The summed E-state index contributed by atoms with van der Waals surface area (Å²) in [6.45, 7) is 15.1. The van der Waals surface area contributed by atoms with Crippen LogP contribution in [0, 0.1) is 0 Å². The number of unbranched alkanes of at least 4 members (excludes halogenated alkanes) is 5. The lowest BCUT2D eigenvalue weighted by atomic mass is 10.1. The smallest absolute Gasteiger partial charge is 0.333 e. The molecule has 0 aliphatic rings. The first-order valence-corrected chi connectivity index (χ1v) is 8.02. The number of ether oxygens (including phenoxy) is 2. The Bertz CT molecular complexity index is 345. The minimum atomic E-state index is -0.312. The molecule has 0 rings (SSSR count). The summed E-state index contributed by atoms with van der Waals surface area (Å²) in [6.07, 6.45) is 7.26. The zero-order valence-corrected chi connectivity index (χ0v) is 14.7. The maximum Gasteiger partial charge on any atom is 0.333 e. The highest BCUT2D eigenvalue weighted by atomic mass is 16.5. The molecule has 0 fully saturated rings. The fourth-order valence-electron chi connectivity index (χ4n) is 1.42. The Morgan fingerprint density at radius 3 is 1.64 bits per heavy atom. The zero-order chi connectivity index (χ0) is 17.4. The molecule has 128 valence electrons. The SMILES string of the molecule is C=C(C)C(=O)OCC.C=C(C)C(=O)OCCCCCCCC. The summed E-state index contributed by atoms with van der Waals surface area (Å²) < 4.78 is 9.54. The van der Waals surface area contributed by atoms with E-state index in [2.05, 4.69) is 24.8 Å². The van der Waals surface area contributed by atoms with Crippen molar-refractivity contribution in [3.63, 3.8) is 0 Å². The van der Waals surface area contributed by atoms with Crippen LogP contribution in [0.15, 0.2) is 24.3 Å². The number of hydrogen-bond donors (Lipinski definition) is 0. The molecular formula is C18H32O4. The lowest BCUT2D eigenvalue weighted by Crippen LogP contribution is -2.05. The van der Waals surface area contributed by atoms with Crippen LogP contribution in [0.5, 0.6) is 0 Å². The Morgan fingerprint density at radius 2 is 1.23 bits per heavy atom. The number of carbonyl (C=O) groups is 2. The third kappa shape index (κ3) is 16.5. The highest BCUT2D eigenvalue weighted by Crippen LogP contribution is 2.05. The molecule has 0 unspecified atom stereocenters. The van der Waals surface area contributed by atoms with Gasteiger partial charge in [-0.25, -0.2) is 9.59 Å². The molecule has 0 aromatic heterocycles. The van der Waals surface area contributed by atoms with Crippen molar-refractivity contribution in [3.05, 3.63) is 24.3 Å². The Labute approximate surface area is 135 Å². The van der Waals surface area contributed by atoms with Crippen LogP contribution in [-0.2, 0) is 19.1 Å².